The van der Waals surface area contributed by atoms with E-state index in [1.54, 1.807) is 37.4 Å². The third-order valence-electron chi connectivity index (χ3n) is 6.58. The molecule has 2 aromatic rings. The topological polar surface area (TPSA) is 87.7 Å². The van der Waals surface area contributed by atoms with Gasteiger partial charge >= 0.3 is 6.09 Å². The molecular weight excluding hydrogens is 510 g/mol. The van der Waals surface area contributed by atoms with Crippen LogP contribution in [0.1, 0.15) is 75.8 Å². The van der Waals surface area contributed by atoms with E-state index in [-0.39, 0.29) is 17.9 Å². The van der Waals surface area contributed by atoms with E-state index in [4.69, 9.17) is 4.74 Å². The number of ether oxygens (including phenoxy) is 1. The zero-order chi connectivity index (χ0) is 29.3. The first-order valence-electron chi connectivity index (χ1n) is 13.5. The molecule has 3 atom stereocenters. The molecule has 7 nitrogen and oxygen atoms in total. The summed E-state index contributed by atoms with van der Waals surface area (Å²) in [6.07, 6.45) is 2.34. The van der Waals surface area contributed by atoms with Crippen LogP contribution in [-0.4, -0.2) is 52.5 Å². The zero-order valence-corrected chi connectivity index (χ0v) is 25.7. The first-order valence-corrected chi connectivity index (χ1v) is 14.9. The normalized spacial score (nSPS) is 13.7. The van der Waals surface area contributed by atoms with Crippen molar-refractivity contribution in [3.8, 4) is 0 Å². The molecule has 39 heavy (non-hydrogen) atoms. The second-order valence-corrected chi connectivity index (χ2v) is 12.0. The van der Waals surface area contributed by atoms with Crippen LogP contribution in [0.25, 0.3) is 0 Å². The number of benzene rings is 2. The van der Waals surface area contributed by atoms with Gasteiger partial charge in [-0.05, 0) is 96.1 Å². The summed E-state index contributed by atoms with van der Waals surface area (Å²) in [6.45, 7) is 15.1. The average Bonchev–Trinajstić information content (AvgIpc) is 2.86. The van der Waals surface area contributed by atoms with E-state index in [0.29, 0.717) is 24.3 Å². The number of para-hydroxylation sites is 1. The average molecular weight is 556 g/mol. The Morgan fingerprint density at radius 3 is 2.28 bits per heavy atom. The lowest BCUT2D eigenvalue weighted by atomic mass is 9.94. The molecule has 0 radical (unpaired) electrons. The van der Waals surface area contributed by atoms with E-state index in [1.807, 2.05) is 83.3 Å². The Bertz CT molecular complexity index is 1140. The summed E-state index contributed by atoms with van der Waals surface area (Å²) in [5.41, 5.74) is 3.58. The van der Waals surface area contributed by atoms with E-state index < -0.39 is 23.8 Å². The third-order valence-corrected chi connectivity index (χ3v) is 7.22. The fourth-order valence-electron chi connectivity index (χ4n) is 4.30. The second-order valence-electron chi connectivity index (χ2n) is 11.0. The van der Waals surface area contributed by atoms with Gasteiger partial charge in [0.05, 0.1) is 0 Å². The molecular formula is C31H45N3O4S. The lowest BCUT2D eigenvalue weighted by molar-refractivity contribution is -0.143. The largest absolute Gasteiger partial charge is 0.444 e. The number of alkyl carbamates (subject to hydrolysis) is 1. The summed E-state index contributed by atoms with van der Waals surface area (Å²) in [7, 11) is 0. The van der Waals surface area contributed by atoms with E-state index in [0.717, 1.165) is 22.3 Å². The Hall–Kier alpha value is -3.00. The van der Waals surface area contributed by atoms with Crippen LogP contribution in [0, 0.1) is 20.8 Å². The van der Waals surface area contributed by atoms with Gasteiger partial charge in [0.1, 0.15) is 17.7 Å². The fraction of sp³-hybridized carbons (Fsp3) is 0.516. The maximum Gasteiger partial charge on any atom is 0.408 e. The SMILES string of the molecule is CCC(C)N(C(=O)C(CCSC)NC(=O)OC(C)(C)C)C(C(=O)Nc1ccccc1C)c1cc(C)ccc1C. The summed E-state index contributed by atoms with van der Waals surface area (Å²) in [5, 5.41) is 5.88. The molecule has 8 heteroatoms. The number of nitrogens with one attached hydrogen (secondary N) is 2. The van der Waals surface area contributed by atoms with Gasteiger partial charge in [-0.3, -0.25) is 9.59 Å². The monoisotopic (exact) mass is 555 g/mol. The smallest absolute Gasteiger partial charge is 0.408 e. The van der Waals surface area contributed by atoms with E-state index in [9.17, 15) is 14.4 Å². The number of anilines is 1. The van der Waals surface area contributed by atoms with Crippen LogP contribution in [0.15, 0.2) is 42.5 Å². The highest BCUT2D eigenvalue weighted by atomic mass is 32.2. The lowest BCUT2D eigenvalue weighted by Gasteiger charge is -2.39. The van der Waals surface area contributed by atoms with Crippen LogP contribution in [0.5, 0.6) is 0 Å². The molecule has 214 valence electrons. The number of carbonyl (C=O) groups is 3. The number of thioether (sulfide) groups is 1. The summed E-state index contributed by atoms with van der Waals surface area (Å²) >= 11 is 1.59. The van der Waals surface area contributed by atoms with Crippen molar-refractivity contribution in [1.82, 2.24) is 10.2 Å². The molecule has 0 aromatic heterocycles. The Balaban J connectivity index is 2.62. The minimum Gasteiger partial charge on any atom is -0.444 e. The lowest BCUT2D eigenvalue weighted by Crippen LogP contribution is -2.55. The quantitative estimate of drug-likeness (QED) is 0.328. The third kappa shape index (κ3) is 9.31. The van der Waals surface area contributed by atoms with Gasteiger partial charge in [0.25, 0.3) is 5.91 Å². The minimum atomic E-state index is -0.899. The van der Waals surface area contributed by atoms with Crippen molar-refractivity contribution in [3.63, 3.8) is 0 Å². The maximum atomic E-state index is 14.4. The van der Waals surface area contributed by atoms with Crippen LogP contribution < -0.4 is 10.6 Å². The molecule has 0 heterocycles. The van der Waals surface area contributed by atoms with Gasteiger partial charge in [0.15, 0.2) is 0 Å². The molecule has 0 aliphatic rings. The van der Waals surface area contributed by atoms with Crippen molar-refractivity contribution in [2.45, 2.75) is 92.0 Å². The molecule has 2 N–H and O–H groups in total. The number of carbonyl (C=O) groups excluding carboxylic acids is 3. The Morgan fingerprint density at radius 1 is 1.03 bits per heavy atom. The molecule has 3 amide bonds. The van der Waals surface area contributed by atoms with Crippen molar-refractivity contribution in [1.29, 1.82) is 0 Å². The van der Waals surface area contributed by atoms with Gasteiger partial charge in [0.2, 0.25) is 5.91 Å². The summed E-state index contributed by atoms with van der Waals surface area (Å²) in [5.74, 6) is 0.0482. The summed E-state index contributed by atoms with van der Waals surface area (Å²) in [4.78, 5) is 42.9. The van der Waals surface area contributed by atoms with Gasteiger partial charge in [-0.15, -0.1) is 0 Å². The van der Waals surface area contributed by atoms with Crippen molar-refractivity contribution < 1.29 is 19.1 Å². The van der Waals surface area contributed by atoms with Crippen molar-refractivity contribution >= 4 is 35.4 Å². The number of aryl methyl sites for hydroxylation is 3. The molecule has 0 spiro atoms. The van der Waals surface area contributed by atoms with Gasteiger partial charge in [-0.25, -0.2) is 4.79 Å². The maximum absolute atomic E-state index is 14.4. The summed E-state index contributed by atoms with van der Waals surface area (Å²) < 4.78 is 5.48. The van der Waals surface area contributed by atoms with E-state index >= 15 is 0 Å². The number of rotatable bonds is 11. The van der Waals surface area contributed by atoms with E-state index in [1.165, 1.54) is 0 Å². The zero-order valence-electron chi connectivity index (χ0n) is 24.9. The second kappa shape index (κ2) is 14.4. The van der Waals surface area contributed by atoms with Crippen molar-refractivity contribution in [3.05, 3.63) is 64.7 Å². The number of amides is 3. The molecule has 3 unspecified atom stereocenters. The minimum absolute atomic E-state index is 0.276. The molecule has 0 fully saturated rings. The summed E-state index contributed by atoms with van der Waals surface area (Å²) in [6, 6.07) is 11.5. The van der Waals surface area contributed by atoms with Gasteiger partial charge in [-0.2, -0.15) is 11.8 Å². The Kier molecular flexibility index (Phi) is 11.9. The highest BCUT2D eigenvalue weighted by Crippen LogP contribution is 2.31. The van der Waals surface area contributed by atoms with Crippen molar-refractivity contribution in [2.75, 3.05) is 17.3 Å². The predicted octanol–water partition coefficient (Wildman–Crippen LogP) is 6.57. The molecule has 0 aliphatic heterocycles. The Morgan fingerprint density at radius 2 is 1.69 bits per heavy atom. The fourth-order valence-corrected chi connectivity index (χ4v) is 4.78. The van der Waals surface area contributed by atoms with Crippen molar-refractivity contribution in [2.24, 2.45) is 0 Å². The van der Waals surface area contributed by atoms with Gasteiger partial charge in [-0.1, -0.05) is 48.9 Å². The van der Waals surface area contributed by atoms with Crippen LogP contribution in [0.3, 0.4) is 0 Å². The molecule has 0 bridgehead atoms. The van der Waals surface area contributed by atoms with Gasteiger partial charge in [0, 0.05) is 11.7 Å². The molecule has 0 aliphatic carbocycles. The highest BCUT2D eigenvalue weighted by Gasteiger charge is 2.39. The predicted molar refractivity (Wildman–Crippen MR) is 161 cm³/mol. The van der Waals surface area contributed by atoms with Crippen LogP contribution in [0.4, 0.5) is 10.5 Å². The first kappa shape index (κ1) is 32.2. The molecule has 0 saturated heterocycles. The Labute approximate surface area is 238 Å². The van der Waals surface area contributed by atoms with E-state index in [2.05, 4.69) is 10.6 Å². The molecule has 2 rings (SSSR count). The number of hydrogen-bond acceptors (Lipinski definition) is 5. The molecule has 0 saturated carbocycles. The van der Waals surface area contributed by atoms with Crippen LogP contribution >= 0.6 is 11.8 Å². The first-order chi connectivity index (χ1) is 18.3. The number of hydrogen-bond donors (Lipinski definition) is 2. The molecule has 2 aromatic carbocycles. The standard InChI is InChI=1S/C31H45N3O4S/c1-10-23(5)34(29(36)26(17-18-39-9)33-30(37)38-31(6,7)8)27(24-19-20(2)15-16-21(24)3)28(35)32-25-14-12-11-13-22(25)4/h11-16,19,23,26-27H,10,17-18H2,1-9H3,(H,32,35)(H,33,37). The number of nitrogens with zero attached hydrogens (tertiary/aromatic N) is 1. The van der Waals surface area contributed by atoms with Crippen LogP contribution in [0.2, 0.25) is 0 Å². The van der Waals surface area contributed by atoms with Crippen LogP contribution in [-0.2, 0) is 14.3 Å². The highest BCUT2D eigenvalue weighted by molar-refractivity contribution is 7.98. The van der Waals surface area contributed by atoms with Gasteiger partial charge < -0.3 is 20.3 Å².